The van der Waals surface area contributed by atoms with Crippen molar-refractivity contribution in [2.45, 2.75) is 109 Å². The van der Waals surface area contributed by atoms with E-state index in [0.29, 0.717) is 6.10 Å². The highest BCUT2D eigenvalue weighted by Crippen LogP contribution is 2.47. The molecule has 2 saturated carbocycles. The summed E-state index contributed by atoms with van der Waals surface area (Å²) in [6.07, 6.45) is 21.4. The standard InChI is InChI=1S/C28H44O/c1-3-4-5-6-7-8-21-9-10-23-18-24(12-11-22(23)17-21)25-13-14-27-20-28(29-2)16-15-26(27)19-25/h9-10,17,24-28H,3-8,11-16,18-20H2,1-2H3/t24?,25?,26-,27?,28-/m1/s1. The van der Waals surface area contributed by atoms with Gasteiger partial charge in [0.05, 0.1) is 6.10 Å². The van der Waals surface area contributed by atoms with Crippen LogP contribution in [0.25, 0.3) is 0 Å². The average Bonchev–Trinajstić information content (AvgIpc) is 2.77. The lowest BCUT2D eigenvalue weighted by Gasteiger charge is -2.44. The largest absolute Gasteiger partial charge is 0.381 e. The molecule has 1 nitrogen and oxygen atoms in total. The van der Waals surface area contributed by atoms with Gasteiger partial charge >= 0.3 is 0 Å². The Morgan fingerprint density at radius 3 is 2.38 bits per heavy atom. The summed E-state index contributed by atoms with van der Waals surface area (Å²) < 4.78 is 5.67. The van der Waals surface area contributed by atoms with E-state index >= 15 is 0 Å². The minimum Gasteiger partial charge on any atom is -0.381 e. The molecule has 4 rings (SSSR count). The Balaban J connectivity index is 1.28. The predicted octanol–water partition coefficient (Wildman–Crippen LogP) is 7.54. The third kappa shape index (κ3) is 5.46. The Morgan fingerprint density at radius 1 is 0.793 bits per heavy atom. The monoisotopic (exact) mass is 396 g/mol. The zero-order valence-electron chi connectivity index (χ0n) is 19.1. The third-order valence-electron chi connectivity index (χ3n) is 8.71. The van der Waals surface area contributed by atoms with Crippen LogP contribution in [0.1, 0.15) is 101 Å². The molecule has 1 heteroatoms. The van der Waals surface area contributed by atoms with Gasteiger partial charge < -0.3 is 4.74 Å². The Labute approximate surface area is 180 Å². The average molecular weight is 397 g/mol. The molecule has 3 aliphatic rings. The van der Waals surface area contributed by atoms with Crippen LogP contribution in [0.2, 0.25) is 0 Å². The first kappa shape index (κ1) is 21.4. The van der Waals surface area contributed by atoms with Crippen LogP contribution in [0.4, 0.5) is 0 Å². The summed E-state index contributed by atoms with van der Waals surface area (Å²) >= 11 is 0. The molecule has 162 valence electrons. The zero-order chi connectivity index (χ0) is 20.1. The highest BCUT2D eigenvalue weighted by Gasteiger charge is 2.38. The molecule has 0 aliphatic heterocycles. The van der Waals surface area contributed by atoms with Crippen molar-refractivity contribution in [1.82, 2.24) is 0 Å². The molecule has 0 saturated heterocycles. The number of hydrogen-bond acceptors (Lipinski definition) is 1. The lowest BCUT2D eigenvalue weighted by molar-refractivity contribution is -0.000899. The van der Waals surface area contributed by atoms with Crippen LogP contribution in [0.15, 0.2) is 18.2 Å². The first-order valence-corrected chi connectivity index (χ1v) is 12.9. The van der Waals surface area contributed by atoms with Gasteiger partial charge in [-0.05, 0) is 111 Å². The Morgan fingerprint density at radius 2 is 1.55 bits per heavy atom. The van der Waals surface area contributed by atoms with Gasteiger partial charge in [0.2, 0.25) is 0 Å². The van der Waals surface area contributed by atoms with Crippen LogP contribution < -0.4 is 0 Å². The van der Waals surface area contributed by atoms with Crippen molar-refractivity contribution >= 4 is 0 Å². The number of aryl methyl sites for hydroxylation is 2. The number of benzene rings is 1. The number of rotatable bonds is 8. The fourth-order valence-corrected chi connectivity index (χ4v) is 6.85. The number of ether oxygens (including phenoxy) is 1. The molecule has 0 radical (unpaired) electrons. The maximum atomic E-state index is 5.67. The van der Waals surface area contributed by atoms with Gasteiger partial charge in [-0.1, -0.05) is 50.8 Å². The van der Waals surface area contributed by atoms with E-state index in [2.05, 4.69) is 25.1 Å². The predicted molar refractivity (Wildman–Crippen MR) is 123 cm³/mol. The lowest BCUT2D eigenvalue weighted by atomic mass is 9.62. The summed E-state index contributed by atoms with van der Waals surface area (Å²) in [5.41, 5.74) is 4.96. The first-order valence-electron chi connectivity index (χ1n) is 12.9. The van der Waals surface area contributed by atoms with Crippen LogP contribution in [-0.4, -0.2) is 13.2 Å². The minimum absolute atomic E-state index is 0.551. The lowest BCUT2D eigenvalue weighted by Crippen LogP contribution is -2.36. The molecule has 1 aromatic rings. The molecule has 2 fully saturated rings. The smallest absolute Gasteiger partial charge is 0.0574 e. The molecule has 0 N–H and O–H groups in total. The van der Waals surface area contributed by atoms with Gasteiger partial charge in [0.15, 0.2) is 0 Å². The van der Waals surface area contributed by atoms with Crippen molar-refractivity contribution in [3.8, 4) is 0 Å². The van der Waals surface area contributed by atoms with E-state index in [4.69, 9.17) is 4.74 Å². The molecular formula is C28H44O. The fourth-order valence-electron chi connectivity index (χ4n) is 6.85. The summed E-state index contributed by atoms with van der Waals surface area (Å²) in [4.78, 5) is 0. The molecule has 0 aromatic heterocycles. The first-order chi connectivity index (χ1) is 14.3. The van der Waals surface area contributed by atoms with E-state index in [-0.39, 0.29) is 0 Å². The van der Waals surface area contributed by atoms with Gasteiger partial charge in [0, 0.05) is 7.11 Å². The molecule has 0 heterocycles. The van der Waals surface area contributed by atoms with E-state index in [1.165, 1.54) is 96.3 Å². The van der Waals surface area contributed by atoms with E-state index in [1.807, 2.05) is 7.11 Å². The normalized spacial score (nSPS) is 31.9. The molecule has 0 bridgehead atoms. The molecule has 5 atom stereocenters. The maximum absolute atomic E-state index is 5.67. The van der Waals surface area contributed by atoms with E-state index < -0.39 is 0 Å². The zero-order valence-corrected chi connectivity index (χ0v) is 19.1. The quantitative estimate of drug-likeness (QED) is 0.412. The second-order valence-electron chi connectivity index (χ2n) is 10.5. The highest BCUT2D eigenvalue weighted by atomic mass is 16.5. The molecule has 0 spiro atoms. The van der Waals surface area contributed by atoms with Crippen LogP contribution >= 0.6 is 0 Å². The summed E-state index contributed by atoms with van der Waals surface area (Å²) in [7, 11) is 1.91. The minimum atomic E-state index is 0.551. The Hall–Kier alpha value is -0.820. The summed E-state index contributed by atoms with van der Waals surface area (Å²) in [6.45, 7) is 2.30. The second-order valence-corrected chi connectivity index (χ2v) is 10.5. The van der Waals surface area contributed by atoms with Crippen molar-refractivity contribution in [3.05, 3.63) is 34.9 Å². The number of methoxy groups -OCH3 is 1. The van der Waals surface area contributed by atoms with Gasteiger partial charge in [-0.3, -0.25) is 0 Å². The van der Waals surface area contributed by atoms with E-state index in [9.17, 15) is 0 Å². The van der Waals surface area contributed by atoms with Crippen molar-refractivity contribution in [1.29, 1.82) is 0 Å². The third-order valence-corrected chi connectivity index (χ3v) is 8.71. The summed E-state index contributed by atoms with van der Waals surface area (Å²) in [6, 6.07) is 7.51. The fraction of sp³-hybridized carbons (Fsp3) is 0.786. The number of unbranched alkanes of at least 4 members (excludes halogenated alkanes) is 4. The van der Waals surface area contributed by atoms with Crippen LogP contribution in [-0.2, 0) is 24.0 Å². The SMILES string of the molecule is CCCCCCCc1ccc2c(c1)CCC(C1CCC3C[C@H](OC)CC[C@@H]3C1)C2. The molecule has 3 unspecified atom stereocenters. The van der Waals surface area contributed by atoms with Gasteiger partial charge in [-0.25, -0.2) is 0 Å². The molecule has 1 aromatic carbocycles. The second kappa shape index (κ2) is 10.5. The number of fused-ring (bicyclic) bond motifs is 2. The summed E-state index contributed by atoms with van der Waals surface area (Å²) in [5.74, 6) is 3.89. The van der Waals surface area contributed by atoms with Crippen LogP contribution in [0.5, 0.6) is 0 Å². The highest BCUT2D eigenvalue weighted by molar-refractivity contribution is 5.34. The molecule has 29 heavy (non-hydrogen) atoms. The van der Waals surface area contributed by atoms with Gasteiger partial charge in [0.25, 0.3) is 0 Å². The molecule has 0 amide bonds. The topological polar surface area (TPSA) is 9.23 Å². The van der Waals surface area contributed by atoms with E-state index in [1.54, 1.807) is 16.7 Å². The Kier molecular flexibility index (Phi) is 7.73. The maximum Gasteiger partial charge on any atom is 0.0574 e. The van der Waals surface area contributed by atoms with Crippen molar-refractivity contribution in [2.24, 2.45) is 23.7 Å². The van der Waals surface area contributed by atoms with Crippen molar-refractivity contribution < 1.29 is 4.74 Å². The van der Waals surface area contributed by atoms with E-state index in [0.717, 1.165) is 23.7 Å². The van der Waals surface area contributed by atoms with Gasteiger partial charge in [-0.2, -0.15) is 0 Å². The molecule has 3 aliphatic carbocycles. The van der Waals surface area contributed by atoms with Crippen molar-refractivity contribution in [2.75, 3.05) is 7.11 Å². The summed E-state index contributed by atoms with van der Waals surface area (Å²) in [5, 5.41) is 0. The van der Waals surface area contributed by atoms with Crippen molar-refractivity contribution in [3.63, 3.8) is 0 Å². The van der Waals surface area contributed by atoms with Crippen LogP contribution in [0.3, 0.4) is 0 Å². The number of hydrogen-bond donors (Lipinski definition) is 0. The van der Waals surface area contributed by atoms with Crippen LogP contribution in [0, 0.1) is 23.7 Å². The van der Waals surface area contributed by atoms with Gasteiger partial charge in [0.1, 0.15) is 0 Å². The van der Waals surface area contributed by atoms with Gasteiger partial charge in [-0.15, -0.1) is 0 Å². The molecular weight excluding hydrogens is 352 g/mol. The Bertz CT molecular complexity index is 635.